The van der Waals surface area contributed by atoms with Gasteiger partial charge >= 0.3 is 5.97 Å². The van der Waals surface area contributed by atoms with Crippen molar-refractivity contribution < 1.29 is 19.4 Å². The van der Waals surface area contributed by atoms with Gasteiger partial charge in [-0.05, 0) is 5.92 Å². The fourth-order valence-electron chi connectivity index (χ4n) is 1.99. The maximum absolute atomic E-state index is 11.7. The lowest BCUT2D eigenvalue weighted by Gasteiger charge is -2.15. The smallest absolute Gasteiger partial charge is 0.308 e. The summed E-state index contributed by atoms with van der Waals surface area (Å²) < 4.78 is 5.13. The highest BCUT2D eigenvalue weighted by molar-refractivity contribution is 5.79. The fourth-order valence-corrected chi connectivity index (χ4v) is 1.99. The highest BCUT2D eigenvalue weighted by Gasteiger charge is 2.36. The second-order valence-corrected chi connectivity index (χ2v) is 4.37. The van der Waals surface area contributed by atoms with E-state index >= 15 is 0 Å². The van der Waals surface area contributed by atoms with Gasteiger partial charge in [0.25, 0.3) is 0 Å². The van der Waals surface area contributed by atoms with E-state index < -0.39 is 11.9 Å². The molecule has 2 unspecified atom stereocenters. The molecule has 0 radical (unpaired) electrons. The fraction of sp³-hybridized carbons (Fsp3) is 0.818. The molecule has 98 valence electrons. The average molecular weight is 244 g/mol. The van der Waals surface area contributed by atoms with Crippen molar-refractivity contribution in [1.29, 1.82) is 0 Å². The third-order valence-electron chi connectivity index (χ3n) is 3.00. The van der Waals surface area contributed by atoms with E-state index in [0.29, 0.717) is 39.3 Å². The summed E-state index contributed by atoms with van der Waals surface area (Å²) in [5, 5.41) is 8.95. The van der Waals surface area contributed by atoms with E-state index in [2.05, 4.69) is 0 Å². The summed E-state index contributed by atoms with van der Waals surface area (Å²) in [6.07, 6.45) is 0.291. The van der Waals surface area contributed by atoms with Gasteiger partial charge in [-0.1, -0.05) is 6.92 Å². The van der Waals surface area contributed by atoms with Gasteiger partial charge in [0.1, 0.15) is 0 Å². The molecule has 1 amide bonds. The summed E-state index contributed by atoms with van der Waals surface area (Å²) in [5.41, 5.74) is 5.25. The van der Waals surface area contributed by atoms with Crippen molar-refractivity contribution >= 4 is 11.9 Å². The first-order valence-corrected chi connectivity index (χ1v) is 5.84. The lowest BCUT2D eigenvalue weighted by molar-refractivity contribution is -0.142. The largest absolute Gasteiger partial charge is 0.481 e. The quantitative estimate of drug-likeness (QED) is 0.616. The van der Waals surface area contributed by atoms with Gasteiger partial charge in [0.2, 0.25) is 5.91 Å². The molecule has 3 N–H and O–H groups in total. The maximum Gasteiger partial charge on any atom is 0.308 e. The molecule has 0 aliphatic carbocycles. The Morgan fingerprint density at radius 1 is 1.41 bits per heavy atom. The molecule has 17 heavy (non-hydrogen) atoms. The zero-order valence-electron chi connectivity index (χ0n) is 10.1. The number of hydrogen-bond acceptors (Lipinski definition) is 4. The molecular formula is C11H20N2O4. The molecule has 0 aromatic rings. The van der Waals surface area contributed by atoms with Gasteiger partial charge in [0.15, 0.2) is 0 Å². The molecule has 6 nitrogen and oxygen atoms in total. The van der Waals surface area contributed by atoms with Gasteiger partial charge in [-0.2, -0.15) is 0 Å². The summed E-state index contributed by atoms with van der Waals surface area (Å²) in [6.45, 7) is 3.92. The molecule has 2 atom stereocenters. The normalized spacial score (nSPS) is 24.0. The van der Waals surface area contributed by atoms with E-state index in [1.165, 1.54) is 0 Å². The Labute approximate surface area is 101 Å². The number of aliphatic carboxylic acids is 1. The van der Waals surface area contributed by atoms with Crippen molar-refractivity contribution in [3.63, 3.8) is 0 Å². The van der Waals surface area contributed by atoms with Crippen molar-refractivity contribution in [2.45, 2.75) is 13.3 Å². The van der Waals surface area contributed by atoms with Crippen LogP contribution in [-0.2, 0) is 14.3 Å². The van der Waals surface area contributed by atoms with Crippen molar-refractivity contribution in [2.75, 3.05) is 32.8 Å². The number of likely N-dealkylation sites (tertiary alicyclic amines) is 1. The summed E-state index contributed by atoms with van der Waals surface area (Å²) in [4.78, 5) is 24.3. The number of carboxylic acid groups (broad SMARTS) is 1. The van der Waals surface area contributed by atoms with Gasteiger partial charge in [-0.15, -0.1) is 0 Å². The van der Waals surface area contributed by atoms with Crippen LogP contribution in [0.5, 0.6) is 0 Å². The third-order valence-corrected chi connectivity index (χ3v) is 3.00. The van der Waals surface area contributed by atoms with Crippen molar-refractivity contribution in [3.05, 3.63) is 0 Å². The average Bonchev–Trinajstić information content (AvgIpc) is 2.66. The number of carbonyl (C=O) groups is 2. The topological polar surface area (TPSA) is 92.9 Å². The minimum absolute atomic E-state index is 0.0152. The number of nitrogens with two attached hydrogens (primary N) is 1. The molecule has 1 heterocycles. The van der Waals surface area contributed by atoms with Crippen LogP contribution in [0.1, 0.15) is 13.3 Å². The first-order valence-electron chi connectivity index (χ1n) is 5.84. The van der Waals surface area contributed by atoms with Gasteiger partial charge in [0, 0.05) is 19.6 Å². The maximum atomic E-state index is 11.7. The molecule has 0 saturated carbocycles. The van der Waals surface area contributed by atoms with Gasteiger partial charge in [-0.3, -0.25) is 9.59 Å². The van der Waals surface area contributed by atoms with E-state index in [0.717, 1.165) is 0 Å². The SMILES string of the molecule is CC1CN(C(=O)CCOCCN)CC1C(=O)O. The van der Waals surface area contributed by atoms with Crippen LogP contribution in [0.4, 0.5) is 0 Å². The number of nitrogens with zero attached hydrogens (tertiary/aromatic N) is 1. The highest BCUT2D eigenvalue weighted by Crippen LogP contribution is 2.23. The van der Waals surface area contributed by atoms with Crippen LogP contribution >= 0.6 is 0 Å². The number of amides is 1. The van der Waals surface area contributed by atoms with E-state index in [1.54, 1.807) is 4.90 Å². The second-order valence-electron chi connectivity index (χ2n) is 4.37. The Kier molecular flexibility index (Phi) is 5.37. The van der Waals surface area contributed by atoms with E-state index in [4.69, 9.17) is 15.6 Å². The number of carbonyl (C=O) groups excluding carboxylic acids is 1. The predicted molar refractivity (Wildman–Crippen MR) is 61.4 cm³/mol. The van der Waals surface area contributed by atoms with Crippen LogP contribution in [0.2, 0.25) is 0 Å². The van der Waals surface area contributed by atoms with Crippen LogP contribution in [-0.4, -0.2) is 54.7 Å². The number of ether oxygens (including phenoxy) is 1. The molecule has 0 bridgehead atoms. The Balaban J connectivity index is 2.32. The molecule has 0 spiro atoms. The minimum atomic E-state index is -0.827. The molecule has 1 saturated heterocycles. The Morgan fingerprint density at radius 3 is 2.65 bits per heavy atom. The molecule has 6 heteroatoms. The number of carboxylic acids is 1. The van der Waals surface area contributed by atoms with Gasteiger partial charge in [0.05, 0.1) is 25.6 Å². The Hall–Kier alpha value is -1.14. The summed E-state index contributed by atoms with van der Waals surface area (Å²) >= 11 is 0. The highest BCUT2D eigenvalue weighted by atomic mass is 16.5. The van der Waals surface area contributed by atoms with Crippen molar-refractivity contribution in [1.82, 2.24) is 4.90 Å². The Morgan fingerprint density at radius 2 is 2.12 bits per heavy atom. The summed E-state index contributed by atoms with van der Waals surface area (Å²) in [6, 6.07) is 0. The molecule has 0 aromatic heterocycles. The number of hydrogen-bond donors (Lipinski definition) is 2. The molecule has 0 aromatic carbocycles. The third kappa shape index (κ3) is 3.98. The summed E-state index contributed by atoms with van der Waals surface area (Å²) in [5.74, 6) is -1.30. The van der Waals surface area contributed by atoms with Crippen molar-refractivity contribution in [2.24, 2.45) is 17.6 Å². The molecule has 1 fully saturated rings. The second kappa shape index (κ2) is 6.56. The van der Waals surface area contributed by atoms with Crippen LogP contribution in [0.25, 0.3) is 0 Å². The van der Waals surface area contributed by atoms with Gasteiger partial charge < -0.3 is 20.5 Å². The van der Waals surface area contributed by atoms with Crippen LogP contribution in [0, 0.1) is 11.8 Å². The zero-order chi connectivity index (χ0) is 12.8. The number of rotatable bonds is 6. The zero-order valence-corrected chi connectivity index (χ0v) is 10.1. The minimum Gasteiger partial charge on any atom is -0.481 e. The van der Waals surface area contributed by atoms with Gasteiger partial charge in [-0.25, -0.2) is 0 Å². The van der Waals surface area contributed by atoms with E-state index in [9.17, 15) is 9.59 Å². The molecule has 1 rings (SSSR count). The molecular weight excluding hydrogens is 224 g/mol. The lowest BCUT2D eigenvalue weighted by Crippen LogP contribution is -2.30. The first-order chi connectivity index (χ1) is 8.06. The van der Waals surface area contributed by atoms with E-state index in [1.807, 2.05) is 6.92 Å². The van der Waals surface area contributed by atoms with Crippen LogP contribution in [0.3, 0.4) is 0 Å². The van der Waals surface area contributed by atoms with Crippen LogP contribution < -0.4 is 5.73 Å². The van der Waals surface area contributed by atoms with Crippen molar-refractivity contribution in [3.8, 4) is 0 Å². The van der Waals surface area contributed by atoms with E-state index in [-0.39, 0.29) is 11.8 Å². The molecule has 1 aliphatic rings. The predicted octanol–water partition coefficient (Wildman–Crippen LogP) is -0.469. The monoisotopic (exact) mass is 244 g/mol. The lowest BCUT2D eigenvalue weighted by atomic mass is 9.99. The standard InChI is InChI=1S/C11H20N2O4/c1-8-6-13(7-9(8)11(15)16)10(14)2-4-17-5-3-12/h8-9H,2-7,12H2,1H3,(H,15,16). The van der Waals surface area contributed by atoms with Crippen LogP contribution in [0.15, 0.2) is 0 Å². The first kappa shape index (κ1) is 13.9. The molecule has 1 aliphatic heterocycles. The summed E-state index contributed by atoms with van der Waals surface area (Å²) in [7, 11) is 0. The Bertz CT molecular complexity index is 283.